The molecule has 0 bridgehead atoms. The second-order valence-corrected chi connectivity index (χ2v) is 6.21. The average molecular weight is 283 g/mol. The number of rotatable bonds is 2. The van der Waals surface area contributed by atoms with Crippen LogP contribution < -0.4 is 0 Å². The van der Waals surface area contributed by atoms with E-state index in [-0.39, 0.29) is 17.9 Å². The molecule has 3 rings (SSSR count). The molecule has 3 aliphatic rings. The van der Waals surface area contributed by atoms with E-state index in [1.807, 2.05) is 6.92 Å². The third-order valence-corrected chi connectivity index (χ3v) is 4.95. The first kappa shape index (κ1) is 13.8. The predicted molar refractivity (Wildman–Crippen MR) is 69.1 cm³/mol. The van der Waals surface area contributed by atoms with Crippen molar-refractivity contribution in [3.63, 3.8) is 0 Å². The van der Waals surface area contributed by atoms with Gasteiger partial charge in [-0.05, 0) is 26.2 Å². The van der Waals surface area contributed by atoms with Gasteiger partial charge >= 0.3 is 5.97 Å². The molecule has 0 saturated carbocycles. The van der Waals surface area contributed by atoms with Crippen molar-refractivity contribution in [2.45, 2.75) is 38.4 Å². The highest BCUT2D eigenvalue weighted by Gasteiger charge is 2.55. The summed E-state index contributed by atoms with van der Waals surface area (Å²) in [6, 6.07) is 0. The van der Waals surface area contributed by atoms with Crippen LogP contribution in [-0.2, 0) is 19.1 Å². The van der Waals surface area contributed by atoms with Gasteiger partial charge in [-0.2, -0.15) is 0 Å². The molecule has 6 heteroatoms. The first-order chi connectivity index (χ1) is 9.53. The second-order valence-electron chi connectivity index (χ2n) is 6.21. The molecule has 0 aromatic carbocycles. The Kier molecular flexibility index (Phi) is 3.46. The molecule has 4 atom stereocenters. The number of amides is 1. The number of aliphatic carboxylic acids is 1. The summed E-state index contributed by atoms with van der Waals surface area (Å²) in [5.74, 6) is -0.956. The summed E-state index contributed by atoms with van der Waals surface area (Å²) < 4.78 is 11.0. The molecule has 0 spiro atoms. The van der Waals surface area contributed by atoms with E-state index in [1.165, 1.54) is 0 Å². The highest BCUT2D eigenvalue weighted by molar-refractivity contribution is 5.84. The number of carboxylic acids is 1. The first-order valence-corrected chi connectivity index (χ1v) is 7.28. The van der Waals surface area contributed by atoms with E-state index >= 15 is 0 Å². The van der Waals surface area contributed by atoms with Crippen molar-refractivity contribution in [3.05, 3.63) is 0 Å². The zero-order valence-corrected chi connectivity index (χ0v) is 11.7. The summed E-state index contributed by atoms with van der Waals surface area (Å²) in [7, 11) is 0. The van der Waals surface area contributed by atoms with E-state index in [9.17, 15) is 14.7 Å². The van der Waals surface area contributed by atoms with Crippen LogP contribution in [-0.4, -0.2) is 60.4 Å². The normalized spacial score (nSPS) is 40.6. The quantitative estimate of drug-likeness (QED) is 0.799. The smallest absolute Gasteiger partial charge is 0.311 e. The van der Waals surface area contributed by atoms with Crippen LogP contribution in [0.1, 0.15) is 26.2 Å². The predicted octanol–water partition coefficient (Wildman–Crippen LogP) is 0.504. The van der Waals surface area contributed by atoms with Gasteiger partial charge in [0.25, 0.3) is 5.91 Å². The molecule has 0 aromatic rings. The minimum atomic E-state index is -0.821. The highest BCUT2D eigenvalue weighted by Crippen LogP contribution is 2.43. The maximum atomic E-state index is 12.5. The van der Waals surface area contributed by atoms with Crippen LogP contribution in [0.4, 0.5) is 0 Å². The Hall–Kier alpha value is -1.14. The lowest BCUT2D eigenvalue weighted by molar-refractivity contribution is -0.157. The molecule has 3 fully saturated rings. The van der Waals surface area contributed by atoms with Crippen LogP contribution in [0.5, 0.6) is 0 Å². The molecule has 6 nitrogen and oxygen atoms in total. The number of carboxylic acid groups (broad SMARTS) is 1. The summed E-state index contributed by atoms with van der Waals surface area (Å²) in [6.45, 7) is 3.62. The summed E-state index contributed by atoms with van der Waals surface area (Å²) in [4.78, 5) is 25.8. The van der Waals surface area contributed by atoms with Crippen LogP contribution in [0.25, 0.3) is 0 Å². The van der Waals surface area contributed by atoms with Crippen molar-refractivity contribution in [2.24, 2.45) is 11.3 Å². The molecule has 20 heavy (non-hydrogen) atoms. The summed E-state index contributed by atoms with van der Waals surface area (Å²) in [5.41, 5.74) is -0.821. The number of carbonyl (C=O) groups excluding carboxylic acids is 1. The molecule has 1 amide bonds. The lowest BCUT2D eigenvalue weighted by Crippen LogP contribution is -2.45. The van der Waals surface area contributed by atoms with E-state index in [0.29, 0.717) is 32.7 Å². The minimum Gasteiger partial charge on any atom is -0.481 e. The lowest BCUT2D eigenvalue weighted by atomic mass is 9.74. The van der Waals surface area contributed by atoms with Gasteiger partial charge in [0.15, 0.2) is 0 Å². The van der Waals surface area contributed by atoms with Gasteiger partial charge in [0.05, 0.1) is 18.1 Å². The van der Waals surface area contributed by atoms with Crippen LogP contribution in [0.3, 0.4) is 0 Å². The van der Waals surface area contributed by atoms with Gasteiger partial charge in [-0.15, -0.1) is 0 Å². The highest BCUT2D eigenvalue weighted by atomic mass is 16.5. The Bertz CT molecular complexity index is 426. The Balaban J connectivity index is 1.74. The molecule has 0 aromatic heterocycles. The number of likely N-dealkylation sites (tertiary alicyclic amines) is 1. The van der Waals surface area contributed by atoms with Crippen LogP contribution >= 0.6 is 0 Å². The topological polar surface area (TPSA) is 76.1 Å². The fraction of sp³-hybridized carbons (Fsp3) is 0.857. The van der Waals surface area contributed by atoms with Crippen molar-refractivity contribution >= 4 is 11.9 Å². The Morgan fingerprint density at radius 2 is 2.15 bits per heavy atom. The zero-order valence-electron chi connectivity index (χ0n) is 11.7. The standard InChI is InChI=1S/C14H21NO5/c1-9-2-3-11(20-9)12(16)15-6-10-7-19-5-4-14(10,8-15)13(17)18/h9-11H,2-8H2,1H3,(H,17,18)/t9?,10-,11?,14+/m0/s1. The summed E-state index contributed by atoms with van der Waals surface area (Å²) in [6.07, 6.45) is 1.83. The van der Waals surface area contributed by atoms with Crippen molar-refractivity contribution in [1.82, 2.24) is 4.90 Å². The fourth-order valence-corrected chi connectivity index (χ4v) is 3.66. The molecule has 1 N–H and O–H groups in total. The summed E-state index contributed by atoms with van der Waals surface area (Å²) >= 11 is 0. The average Bonchev–Trinajstić information content (AvgIpc) is 3.02. The largest absolute Gasteiger partial charge is 0.481 e. The van der Waals surface area contributed by atoms with E-state index in [2.05, 4.69) is 0 Å². The number of nitrogens with zero attached hydrogens (tertiary/aromatic N) is 1. The monoisotopic (exact) mass is 283 g/mol. The van der Waals surface area contributed by atoms with Crippen molar-refractivity contribution < 1.29 is 24.2 Å². The maximum Gasteiger partial charge on any atom is 0.311 e. The fourth-order valence-electron chi connectivity index (χ4n) is 3.66. The third-order valence-electron chi connectivity index (χ3n) is 4.95. The second kappa shape index (κ2) is 5.00. The van der Waals surface area contributed by atoms with Crippen molar-refractivity contribution in [3.8, 4) is 0 Å². The number of ether oxygens (including phenoxy) is 2. The zero-order chi connectivity index (χ0) is 14.3. The van der Waals surface area contributed by atoms with Gasteiger partial charge in [-0.3, -0.25) is 9.59 Å². The third kappa shape index (κ3) is 2.11. The van der Waals surface area contributed by atoms with Crippen LogP contribution in [0.15, 0.2) is 0 Å². The van der Waals surface area contributed by atoms with E-state index in [0.717, 1.165) is 12.8 Å². The first-order valence-electron chi connectivity index (χ1n) is 7.28. The molecule has 2 unspecified atom stereocenters. The van der Waals surface area contributed by atoms with Gasteiger partial charge in [-0.1, -0.05) is 0 Å². The van der Waals surface area contributed by atoms with Crippen LogP contribution in [0.2, 0.25) is 0 Å². The van der Waals surface area contributed by atoms with E-state index in [1.54, 1.807) is 4.90 Å². The number of carbonyl (C=O) groups is 2. The van der Waals surface area contributed by atoms with Gasteiger partial charge in [-0.25, -0.2) is 0 Å². The van der Waals surface area contributed by atoms with Crippen LogP contribution in [0, 0.1) is 11.3 Å². The van der Waals surface area contributed by atoms with Gasteiger partial charge in [0.1, 0.15) is 6.10 Å². The van der Waals surface area contributed by atoms with Gasteiger partial charge in [0, 0.05) is 25.6 Å². The maximum absolute atomic E-state index is 12.5. The number of hydrogen-bond donors (Lipinski definition) is 1. The number of hydrogen-bond acceptors (Lipinski definition) is 4. The molecule has 112 valence electrons. The van der Waals surface area contributed by atoms with Gasteiger partial charge < -0.3 is 19.5 Å². The van der Waals surface area contributed by atoms with E-state index in [4.69, 9.17) is 9.47 Å². The SMILES string of the molecule is CC1CCC(C(=O)N2C[C@H]3COCC[C@@]3(C(=O)O)C2)O1. The van der Waals surface area contributed by atoms with Crippen molar-refractivity contribution in [2.75, 3.05) is 26.3 Å². The Morgan fingerprint density at radius 1 is 1.35 bits per heavy atom. The Labute approximate surface area is 118 Å². The molecule has 0 aliphatic carbocycles. The number of fused-ring (bicyclic) bond motifs is 1. The molecular formula is C14H21NO5. The van der Waals surface area contributed by atoms with Gasteiger partial charge in [0.2, 0.25) is 0 Å². The molecule has 3 heterocycles. The molecular weight excluding hydrogens is 262 g/mol. The molecule has 0 radical (unpaired) electrons. The van der Waals surface area contributed by atoms with E-state index < -0.39 is 17.5 Å². The lowest BCUT2D eigenvalue weighted by Gasteiger charge is -2.33. The molecule has 3 saturated heterocycles. The Morgan fingerprint density at radius 3 is 2.75 bits per heavy atom. The summed E-state index contributed by atoms with van der Waals surface area (Å²) in [5, 5.41) is 9.58. The minimum absolute atomic E-state index is 0.0515. The molecule has 3 aliphatic heterocycles. The van der Waals surface area contributed by atoms with Crippen molar-refractivity contribution in [1.29, 1.82) is 0 Å².